The molecule has 240 valence electrons. The van der Waals surface area contributed by atoms with Crippen LogP contribution >= 0.6 is 0 Å². The smallest absolute Gasteiger partial charge is 0.407 e. The van der Waals surface area contributed by atoms with Crippen molar-refractivity contribution in [2.24, 2.45) is 0 Å². The van der Waals surface area contributed by atoms with E-state index in [-0.39, 0.29) is 54.4 Å². The topological polar surface area (TPSA) is 144 Å². The highest BCUT2D eigenvalue weighted by atomic mass is 32.2. The van der Waals surface area contributed by atoms with Crippen LogP contribution in [0.5, 0.6) is 5.75 Å². The molecule has 2 unspecified atom stereocenters. The third-order valence-corrected chi connectivity index (χ3v) is 10.2. The fourth-order valence-electron chi connectivity index (χ4n) is 6.51. The molecule has 2 amide bonds. The van der Waals surface area contributed by atoms with Crippen LogP contribution in [0.25, 0.3) is 0 Å². The molecule has 3 aromatic carbocycles. The van der Waals surface area contributed by atoms with Crippen molar-refractivity contribution in [2.45, 2.75) is 23.3 Å². The molecular weight excluding hydrogens is 632 g/mol. The van der Waals surface area contributed by atoms with Crippen molar-refractivity contribution in [3.63, 3.8) is 0 Å². The Morgan fingerprint density at radius 3 is 2.49 bits per heavy atom. The number of sulfonamides is 1. The van der Waals surface area contributed by atoms with Gasteiger partial charge >= 0.3 is 6.09 Å². The molecule has 14 heteroatoms. The Morgan fingerprint density at radius 2 is 1.81 bits per heavy atom. The fraction of sp³-hybridized carbons (Fsp3) is 0.212. The Kier molecular flexibility index (Phi) is 8.02. The van der Waals surface area contributed by atoms with Gasteiger partial charge in [-0.2, -0.15) is 5.26 Å². The van der Waals surface area contributed by atoms with Crippen LogP contribution in [0.3, 0.4) is 0 Å². The molecule has 2 aliphatic heterocycles. The van der Waals surface area contributed by atoms with Crippen LogP contribution in [-0.4, -0.2) is 67.7 Å². The van der Waals surface area contributed by atoms with Gasteiger partial charge in [0.15, 0.2) is 0 Å². The lowest BCUT2D eigenvalue weighted by molar-refractivity contribution is -0.122. The zero-order chi connectivity index (χ0) is 33.5. The number of hydrogen-bond acceptors (Lipinski definition) is 8. The van der Waals surface area contributed by atoms with E-state index < -0.39 is 50.0 Å². The van der Waals surface area contributed by atoms with Crippen molar-refractivity contribution >= 4 is 33.4 Å². The number of pyridine rings is 1. The maximum absolute atomic E-state index is 15.3. The van der Waals surface area contributed by atoms with Crippen LogP contribution in [-0.2, 0) is 20.2 Å². The second kappa shape index (κ2) is 12.0. The SMILES string of the molecule is CCOc1ccccc1C1(C2CN(c3ccncc3)CCN2C(=O)O)C(=O)N(S(=O)(=O)c2ccc(F)cc2F)c2ccc(C#N)cc21. The van der Waals surface area contributed by atoms with E-state index in [1.807, 2.05) is 11.0 Å². The molecule has 1 saturated heterocycles. The molecule has 0 aliphatic carbocycles. The van der Waals surface area contributed by atoms with Gasteiger partial charge < -0.3 is 19.6 Å². The summed E-state index contributed by atoms with van der Waals surface area (Å²) in [6.45, 7) is 1.91. The number of carbonyl (C=O) groups is 2. The molecule has 0 bridgehead atoms. The summed E-state index contributed by atoms with van der Waals surface area (Å²) < 4.78 is 64.0. The third kappa shape index (κ3) is 4.99. The predicted molar refractivity (Wildman–Crippen MR) is 166 cm³/mol. The summed E-state index contributed by atoms with van der Waals surface area (Å²) in [5, 5.41) is 20.5. The molecule has 0 spiro atoms. The number of amides is 2. The Morgan fingerprint density at radius 1 is 1.06 bits per heavy atom. The number of fused-ring (bicyclic) bond motifs is 1. The Balaban J connectivity index is 1.70. The molecule has 0 saturated carbocycles. The van der Waals surface area contributed by atoms with Gasteiger partial charge in [0, 0.05) is 54.9 Å². The van der Waals surface area contributed by atoms with Crippen molar-refractivity contribution in [1.29, 1.82) is 5.26 Å². The van der Waals surface area contributed by atoms with Crippen LogP contribution in [0.4, 0.5) is 25.0 Å². The molecule has 47 heavy (non-hydrogen) atoms. The number of carboxylic acid groups (broad SMARTS) is 1. The largest absolute Gasteiger partial charge is 0.494 e. The molecule has 1 fully saturated rings. The number of aromatic nitrogens is 1. The molecule has 1 aromatic heterocycles. The minimum absolute atomic E-state index is 0.00706. The Hall–Kier alpha value is -5.55. The first-order chi connectivity index (χ1) is 22.5. The lowest BCUT2D eigenvalue weighted by Crippen LogP contribution is -2.66. The van der Waals surface area contributed by atoms with E-state index in [2.05, 4.69) is 4.98 Å². The standard InChI is InChI=1S/C33H27F2N5O6S/c1-2-46-28-6-4-3-5-24(28)33(30-20-38(15-16-39(30)32(42)43)23-11-13-37-14-12-23)25-17-21(19-36)7-9-27(25)40(31(33)41)47(44,45)29-10-8-22(34)18-26(29)35/h3-14,17-18,30H,2,15-16,20H2,1H3,(H,42,43). The number of anilines is 2. The van der Waals surface area contributed by atoms with E-state index in [1.165, 1.54) is 18.2 Å². The van der Waals surface area contributed by atoms with Crippen LogP contribution < -0.4 is 13.9 Å². The summed E-state index contributed by atoms with van der Waals surface area (Å²) in [5.41, 5.74) is -1.46. The van der Waals surface area contributed by atoms with Crippen molar-refractivity contribution < 1.29 is 36.6 Å². The first-order valence-electron chi connectivity index (χ1n) is 14.5. The zero-order valence-electron chi connectivity index (χ0n) is 24.9. The van der Waals surface area contributed by atoms with Crippen molar-refractivity contribution in [2.75, 3.05) is 35.4 Å². The number of halogens is 2. The van der Waals surface area contributed by atoms with Crippen molar-refractivity contribution in [3.8, 4) is 11.8 Å². The molecule has 2 atom stereocenters. The minimum Gasteiger partial charge on any atom is -0.494 e. The third-order valence-electron chi connectivity index (χ3n) is 8.47. The number of ether oxygens (including phenoxy) is 1. The van der Waals surface area contributed by atoms with Gasteiger partial charge in [0.25, 0.3) is 15.9 Å². The average Bonchev–Trinajstić information content (AvgIpc) is 3.33. The number of carbonyl (C=O) groups excluding carboxylic acids is 1. The highest BCUT2D eigenvalue weighted by Gasteiger charge is 2.64. The van der Waals surface area contributed by atoms with E-state index in [9.17, 15) is 28.0 Å². The first-order valence-corrected chi connectivity index (χ1v) is 16.0. The quantitative estimate of drug-likeness (QED) is 0.303. The zero-order valence-corrected chi connectivity index (χ0v) is 25.7. The monoisotopic (exact) mass is 659 g/mol. The number of benzene rings is 3. The van der Waals surface area contributed by atoms with Crippen molar-refractivity contribution in [3.05, 3.63) is 114 Å². The predicted octanol–water partition coefficient (Wildman–Crippen LogP) is 4.52. The summed E-state index contributed by atoms with van der Waals surface area (Å²) in [5.74, 6) is -3.39. The molecule has 4 aromatic rings. The summed E-state index contributed by atoms with van der Waals surface area (Å²) in [6.07, 6.45) is 1.76. The number of nitrogens with zero attached hydrogens (tertiary/aromatic N) is 5. The van der Waals surface area contributed by atoms with Gasteiger partial charge in [-0.1, -0.05) is 18.2 Å². The van der Waals surface area contributed by atoms with E-state index in [1.54, 1.807) is 55.7 Å². The molecule has 2 aliphatic rings. The molecule has 3 heterocycles. The van der Waals surface area contributed by atoms with E-state index in [0.29, 0.717) is 16.1 Å². The van der Waals surface area contributed by atoms with Crippen molar-refractivity contribution in [1.82, 2.24) is 9.88 Å². The lowest BCUT2D eigenvalue weighted by Gasteiger charge is -2.48. The van der Waals surface area contributed by atoms with Gasteiger partial charge in [0.2, 0.25) is 0 Å². The maximum Gasteiger partial charge on any atom is 0.407 e. The summed E-state index contributed by atoms with van der Waals surface area (Å²) in [7, 11) is -5.08. The van der Waals surface area contributed by atoms with E-state index in [4.69, 9.17) is 4.74 Å². The highest BCUT2D eigenvalue weighted by Crippen LogP contribution is 2.54. The number of nitriles is 1. The first kappa shape index (κ1) is 31.4. The molecule has 1 N–H and O–H groups in total. The van der Waals surface area contributed by atoms with Crippen LogP contribution in [0, 0.1) is 23.0 Å². The van der Waals surface area contributed by atoms with Gasteiger partial charge in [0.05, 0.1) is 30.0 Å². The molecule has 6 rings (SSSR count). The maximum atomic E-state index is 15.3. The molecular formula is C33H27F2N5O6S. The van der Waals surface area contributed by atoms with Gasteiger partial charge in [-0.3, -0.25) is 9.78 Å². The summed E-state index contributed by atoms with van der Waals surface area (Å²) in [6, 6.07) is 16.3. The van der Waals surface area contributed by atoms with Crippen LogP contribution in [0.15, 0.2) is 90.1 Å². The van der Waals surface area contributed by atoms with Crippen LogP contribution in [0.1, 0.15) is 23.6 Å². The van der Waals surface area contributed by atoms with Gasteiger partial charge in [-0.15, -0.1) is 0 Å². The van der Waals surface area contributed by atoms with E-state index in [0.717, 1.165) is 17.0 Å². The number of para-hydroxylation sites is 1. The Bertz CT molecular complexity index is 2040. The fourth-order valence-corrected chi connectivity index (χ4v) is 8.03. The summed E-state index contributed by atoms with van der Waals surface area (Å²) in [4.78, 5) is 34.3. The van der Waals surface area contributed by atoms with E-state index >= 15 is 9.18 Å². The molecule has 0 radical (unpaired) electrons. The van der Waals surface area contributed by atoms with Gasteiger partial charge in [0.1, 0.15) is 27.7 Å². The normalized spacial score (nSPS) is 19.3. The second-order valence-corrected chi connectivity index (χ2v) is 12.6. The lowest BCUT2D eigenvalue weighted by atomic mass is 9.67. The average molecular weight is 660 g/mol. The van der Waals surface area contributed by atoms with Gasteiger partial charge in [-0.05, 0) is 55.5 Å². The van der Waals surface area contributed by atoms with Gasteiger partial charge in [-0.25, -0.2) is 26.3 Å². The number of hydrogen-bond donors (Lipinski definition) is 1. The molecule has 11 nitrogen and oxygen atoms in total. The number of piperazine rings is 1. The summed E-state index contributed by atoms with van der Waals surface area (Å²) >= 11 is 0. The Labute approximate surface area is 268 Å². The second-order valence-electron chi connectivity index (χ2n) is 10.9. The minimum atomic E-state index is -5.08. The highest BCUT2D eigenvalue weighted by molar-refractivity contribution is 7.93. The number of rotatable bonds is 7. The van der Waals surface area contributed by atoms with Crippen LogP contribution in [0.2, 0.25) is 0 Å².